The maximum absolute atomic E-state index is 5.61. The first-order chi connectivity index (χ1) is 4.87. The summed E-state index contributed by atoms with van der Waals surface area (Å²) in [6.45, 7) is 13.2. The van der Waals surface area contributed by atoms with Crippen LogP contribution >= 0.6 is 0 Å². The van der Waals surface area contributed by atoms with Gasteiger partial charge in [0.1, 0.15) is 0 Å². The van der Waals surface area contributed by atoms with Crippen LogP contribution in [0.3, 0.4) is 0 Å². The maximum atomic E-state index is 5.61. The molecule has 0 fully saturated rings. The summed E-state index contributed by atoms with van der Waals surface area (Å²) in [6.07, 6.45) is 2.04. The van der Waals surface area contributed by atoms with E-state index in [0.29, 0.717) is 0 Å². The fraction of sp³-hybridized carbons (Fsp3) is 0.750. The van der Waals surface area contributed by atoms with E-state index >= 15 is 0 Å². The van der Waals surface area contributed by atoms with Crippen LogP contribution in [0.5, 0.6) is 0 Å². The van der Waals surface area contributed by atoms with Crippen LogP contribution in [0, 0.1) is 0 Å². The zero-order valence-corrected chi connectivity index (χ0v) is 10.4. The predicted octanol–water partition coefficient (Wildman–Crippen LogP) is 2.81. The van der Waals surface area contributed by atoms with E-state index in [1.54, 1.807) is 0 Å². The van der Waals surface area contributed by atoms with Crippen molar-refractivity contribution in [3.8, 4) is 0 Å². The van der Waals surface area contributed by atoms with Crippen molar-refractivity contribution in [1.29, 1.82) is 0 Å². The molecule has 0 unspecified atom stereocenters. The van der Waals surface area contributed by atoms with E-state index in [1.165, 1.54) is 6.04 Å². The van der Waals surface area contributed by atoms with Gasteiger partial charge in [-0.05, 0) is 19.1 Å². The van der Waals surface area contributed by atoms with Gasteiger partial charge in [-0.25, -0.2) is 0 Å². The maximum Gasteiger partial charge on any atom is 0.173 e. The summed E-state index contributed by atoms with van der Waals surface area (Å²) in [4.78, 5) is 0. The topological polar surface area (TPSA) is 9.23 Å². The van der Waals surface area contributed by atoms with Crippen molar-refractivity contribution in [1.82, 2.24) is 0 Å². The first-order valence-corrected chi connectivity index (χ1v) is 11.1. The Kier molecular flexibility index (Phi) is 3.74. The van der Waals surface area contributed by atoms with Gasteiger partial charge in [-0.3, -0.25) is 0 Å². The Morgan fingerprint density at radius 1 is 1.27 bits per heavy atom. The van der Waals surface area contributed by atoms with Crippen LogP contribution in [-0.2, 0) is 4.43 Å². The number of hydrogen-bond donors (Lipinski definition) is 0. The van der Waals surface area contributed by atoms with E-state index in [1.807, 2.05) is 13.2 Å². The summed E-state index contributed by atoms with van der Waals surface area (Å²) in [7, 11) is -0.639. The second-order valence-corrected chi connectivity index (χ2v) is 19.4. The van der Waals surface area contributed by atoms with Crippen molar-refractivity contribution in [2.24, 2.45) is 0 Å². The van der Waals surface area contributed by atoms with Crippen LogP contribution in [0.4, 0.5) is 0 Å². The zero-order chi connectivity index (χ0) is 9.12. The molecule has 0 aromatic rings. The minimum atomic E-state index is -1.36. The van der Waals surface area contributed by atoms with Crippen molar-refractivity contribution >= 4 is 15.4 Å². The molecule has 0 aliphatic rings. The Hall–Kier alpha value is 0.134. The first-order valence-electron chi connectivity index (χ1n) is 4.03. The Morgan fingerprint density at radius 3 is 2.00 bits per heavy atom. The van der Waals surface area contributed by atoms with Crippen molar-refractivity contribution in [3.63, 3.8) is 0 Å². The van der Waals surface area contributed by atoms with E-state index < -0.39 is 15.4 Å². The SMILES string of the molecule is C=CC[Si](C)(C)[Si](C)(C)OC. The molecule has 66 valence electrons. The van der Waals surface area contributed by atoms with Crippen molar-refractivity contribution in [2.75, 3.05) is 7.11 Å². The molecule has 0 rings (SSSR count). The first kappa shape index (κ1) is 11.1. The molecule has 0 aromatic heterocycles. The van der Waals surface area contributed by atoms with Crippen LogP contribution < -0.4 is 0 Å². The summed E-state index contributed by atoms with van der Waals surface area (Å²) < 4.78 is 5.61. The Morgan fingerprint density at radius 2 is 1.73 bits per heavy atom. The Bertz CT molecular complexity index is 141. The largest absolute Gasteiger partial charge is 0.423 e. The summed E-state index contributed by atoms with van der Waals surface area (Å²) in [5, 5.41) is 0. The average molecular weight is 188 g/mol. The fourth-order valence-electron chi connectivity index (χ4n) is 0.883. The summed E-state index contributed by atoms with van der Waals surface area (Å²) in [5.74, 6) is 0. The average Bonchev–Trinajstić information content (AvgIpc) is 1.87. The summed E-state index contributed by atoms with van der Waals surface area (Å²) in [6, 6.07) is 1.18. The number of rotatable bonds is 4. The van der Waals surface area contributed by atoms with Gasteiger partial charge in [-0.15, -0.1) is 6.58 Å². The molecule has 3 heteroatoms. The highest BCUT2D eigenvalue weighted by molar-refractivity contribution is 7.38. The normalized spacial score (nSPS) is 13.2. The molecule has 0 atom stereocenters. The highest BCUT2D eigenvalue weighted by Gasteiger charge is 2.40. The Balaban J connectivity index is 4.38. The third-order valence-corrected chi connectivity index (χ3v) is 19.4. The van der Waals surface area contributed by atoms with Crippen LogP contribution in [0.15, 0.2) is 12.7 Å². The molecule has 0 aliphatic heterocycles. The molecule has 1 nitrogen and oxygen atoms in total. The molecular formula is C8H20OSi2. The molecule has 0 radical (unpaired) electrons. The standard InChI is InChI=1S/C8H20OSi2/c1-7-8-10(3,4)11(5,6)9-2/h7H,1,8H2,2-6H3. The molecule has 0 aliphatic carbocycles. The zero-order valence-electron chi connectivity index (χ0n) is 8.40. The monoisotopic (exact) mass is 188 g/mol. The molecule has 0 aromatic carbocycles. The molecule has 0 bridgehead atoms. The lowest BCUT2D eigenvalue weighted by Crippen LogP contribution is -2.55. The highest BCUT2D eigenvalue weighted by Crippen LogP contribution is 2.23. The van der Waals surface area contributed by atoms with Gasteiger partial charge in [0.25, 0.3) is 0 Å². The molecule has 0 saturated heterocycles. The molecular weight excluding hydrogens is 168 g/mol. The van der Waals surface area contributed by atoms with Crippen LogP contribution in [0.2, 0.25) is 32.2 Å². The van der Waals surface area contributed by atoms with E-state index in [2.05, 4.69) is 32.8 Å². The molecule has 0 amide bonds. The van der Waals surface area contributed by atoms with Crippen molar-refractivity contribution in [2.45, 2.75) is 32.2 Å². The van der Waals surface area contributed by atoms with Gasteiger partial charge in [-0.2, -0.15) is 0 Å². The van der Waals surface area contributed by atoms with Gasteiger partial charge in [0.15, 0.2) is 7.83 Å². The van der Waals surface area contributed by atoms with Crippen LogP contribution in [-0.4, -0.2) is 22.5 Å². The quantitative estimate of drug-likeness (QED) is 0.487. The van der Waals surface area contributed by atoms with Gasteiger partial charge in [0, 0.05) is 7.11 Å². The minimum absolute atomic E-state index is 1.13. The lowest BCUT2D eigenvalue weighted by Gasteiger charge is -2.35. The van der Waals surface area contributed by atoms with Gasteiger partial charge < -0.3 is 4.43 Å². The van der Waals surface area contributed by atoms with Crippen molar-refractivity contribution in [3.05, 3.63) is 12.7 Å². The van der Waals surface area contributed by atoms with E-state index in [0.717, 1.165) is 0 Å². The van der Waals surface area contributed by atoms with Gasteiger partial charge >= 0.3 is 0 Å². The molecule has 0 spiro atoms. The predicted molar refractivity (Wildman–Crippen MR) is 57.0 cm³/mol. The minimum Gasteiger partial charge on any atom is -0.423 e. The fourth-order valence-corrected chi connectivity index (χ4v) is 6.21. The highest BCUT2D eigenvalue weighted by atomic mass is 29.3. The molecule has 11 heavy (non-hydrogen) atoms. The van der Waals surface area contributed by atoms with Gasteiger partial charge in [-0.1, -0.05) is 19.2 Å². The van der Waals surface area contributed by atoms with Crippen LogP contribution in [0.1, 0.15) is 0 Å². The van der Waals surface area contributed by atoms with Crippen molar-refractivity contribution < 1.29 is 4.43 Å². The Labute approximate surface area is 72.4 Å². The number of hydrogen-bond acceptors (Lipinski definition) is 1. The third kappa shape index (κ3) is 2.58. The van der Waals surface area contributed by atoms with E-state index in [9.17, 15) is 0 Å². The smallest absolute Gasteiger partial charge is 0.173 e. The lowest BCUT2D eigenvalue weighted by atomic mass is 10.8. The second-order valence-electron chi connectivity index (χ2n) is 4.09. The molecule has 0 heterocycles. The summed E-state index contributed by atoms with van der Waals surface area (Å²) >= 11 is 0. The van der Waals surface area contributed by atoms with Gasteiger partial charge in [0.05, 0.1) is 7.59 Å². The van der Waals surface area contributed by atoms with Crippen LogP contribution in [0.25, 0.3) is 0 Å². The lowest BCUT2D eigenvalue weighted by molar-refractivity contribution is 0.419. The van der Waals surface area contributed by atoms with Gasteiger partial charge in [0.2, 0.25) is 0 Å². The molecule has 0 N–H and O–H groups in total. The molecule has 0 saturated carbocycles. The summed E-state index contributed by atoms with van der Waals surface area (Å²) in [5.41, 5.74) is 0. The van der Waals surface area contributed by atoms with E-state index in [-0.39, 0.29) is 0 Å². The number of allylic oxidation sites excluding steroid dienone is 1. The second kappa shape index (κ2) is 3.69. The van der Waals surface area contributed by atoms with E-state index in [4.69, 9.17) is 4.43 Å². The third-order valence-electron chi connectivity index (χ3n) is 2.79.